The van der Waals surface area contributed by atoms with Crippen LogP contribution in [0, 0.1) is 5.92 Å². The van der Waals surface area contributed by atoms with Crippen LogP contribution >= 0.6 is 11.6 Å². The van der Waals surface area contributed by atoms with E-state index in [1.165, 1.54) is 5.56 Å². The van der Waals surface area contributed by atoms with Gasteiger partial charge in [-0.1, -0.05) is 41.9 Å². The number of halogens is 1. The number of nitrogens with one attached hydrogen (secondary N) is 1. The van der Waals surface area contributed by atoms with Gasteiger partial charge in [0.2, 0.25) is 0 Å². The molecule has 1 N–H and O–H groups in total. The lowest BCUT2D eigenvalue weighted by Crippen LogP contribution is -2.38. The number of piperidine rings is 1. The Labute approximate surface area is 177 Å². The molecule has 0 unspecified atom stereocenters. The van der Waals surface area contributed by atoms with E-state index in [-0.39, 0.29) is 5.91 Å². The van der Waals surface area contributed by atoms with Gasteiger partial charge in [-0.3, -0.25) is 9.69 Å². The lowest BCUT2D eigenvalue weighted by molar-refractivity contribution is 0.0931. The van der Waals surface area contributed by atoms with Gasteiger partial charge in [0.15, 0.2) is 5.75 Å². The molecular weight excluding hydrogens is 386 g/mol. The molecule has 0 aromatic heterocycles. The number of carbonyl (C=O) groups excluding carboxylic acids is 1. The van der Waals surface area contributed by atoms with Crippen LogP contribution in [-0.4, -0.2) is 50.6 Å². The molecule has 1 fully saturated rings. The maximum absolute atomic E-state index is 12.8. The summed E-state index contributed by atoms with van der Waals surface area (Å²) >= 11 is 6.25. The van der Waals surface area contributed by atoms with Crippen LogP contribution in [0.25, 0.3) is 0 Å². The second-order valence-electron chi connectivity index (χ2n) is 7.99. The SMILES string of the molecule is CN1CCOc2c(C(=O)NCC3CCN(Cc4ccccc4)CC3)cc(Cl)cc21. The van der Waals surface area contributed by atoms with E-state index in [2.05, 4.69) is 45.4 Å². The third-order valence-electron chi connectivity index (χ3n) is 5.87. The molecule has 6 heteroatoms. The topological polar surface area (TPSA) is 44.8 Å². The van der Waals surface area contributed by atoms with E-state index in [9.17, 15) is 4.79 Å². The number of amides is 1. The van der Waals surface area contributed by atoms with Gasteiger partial charge in [-0.15, -0.1) is 0 Å². The van der Waals surface area contributed by atoms with E-state index in [0.717, 1.165) is 44.7 Å². The Morgan fingerprint density at radius 3 is 2.69 bits per heavy atom. The Bertz CT molecular complexity index is 851. The van der Waals surface area contributed by atoms with Crippen LogP contribution in [0.2, 0.25) is 5.02 Å². The van der Waals surface area contributed by atoms with Gasteiger partial charge in [0.1, 0.15) is 6.61 Å². The zero-order valence-electron chi connectivity index (χ0n) is 16.9. The van der Waals surface area contributed by atoms with Crippen molar-refractivity contribution in [2.75, 3.05) is 44.7 Å². The highest BCUT2D eigenvalue weighted by Crippen LogP contribution is 2.37. The van der Waals surface area contributed by atoms with E-state index in [1.54, 1.807) is 6.07 Å². The molecule has 4 rings (SSSR count). The number of hydrogen-bond acceptors (Lipinski definition) is 4. The van der Waals surface area contributed by atoms with E-state index >= 15 is 0 Å². The summed E-state index contributed by atoms with van der Waals surface area (Å²) < 4.78 is 5.80. The molecule has 0 saturated carbocycles. The van der Waals surface area contributed by atoms with Gasteiger partial charge in [0.05, 0.1) is 17.8 Å². The summed E-state index contributed by atoms with van der Waals surface area (Å²) in [4.78, 5) is 17.4. The van der Waals surface area contributed by atoms with Gasteiger partial charge in [-0.25, -0.2) is 0 Å². The number of hydrogen-bond donors (Lipinski definition) is 1. The quantitative estimate of drug-likeness (QED) is 0.809. The highest BCUT2D eigenvalue weighted by molar-refractivity contribution is 6.31. The zero-order chi connectivity index (χ0) is 20.2. The fourth-order valence-corrected chi connectivity index (χ4v) is 4.32. The third kappa shape index (κ3) is 4.85. The maximum atomic E-state index is 12.8. The van der Waals surface area contributed by atoms with Crippen molar-refractivity contribution in [1.82, 2.24) is 10.2 Å². The molecular formula is C23H28ClN3O2. The van der Waals surface area contributed by atoms with E-state index in [1.807, 2.05) is 13.1 Å². The number of rotatable bonds is 5. The molecule has 0 atom stereocenters. The average Bonchev–Trinajstić information content (AvgIpc) is 2.74. The monoisotopic (exact) mass is 413 g/mol. The van der Waals surface area contributed by atoms with Gasteiger partial charge in [0, 0.05) is 25.2 Å². The van der Waals surface area contributed by atoms with Gasteiger partial charge in [-0.2, -0.15) is 0 Å². The van der Waals surface area contributed by atoms with Gasteiger partial charge in [-0.05, 0) is 49.5 Å². The average molecular weight is 414 g/mol. The standard InChI is InChI=1S/C23H28ClN3O2/c1-26-11-12-29-22-20(13-19(24)14-21(22)26)23(28)25-15-17-7-9-27(10-8-17)16-18-5-3-2-4-6-18/h2-6,13-14,17H,7-12,15-16H2,1H3,(H,25,28). The second-order valence-corrected chi connectivity index (χ2v) is 8.42. The third-order valence-corrected chi connectivity index (χ3v) is 6.09. The van der Waals surface area contributed by atoms with E-state index in [0.29, 0.717) is 35.4 Å². The Morgan fingerprint density at radius 1 is 1.17 bits per heavy atom. The number of nitrogens with zero attached hydrogens (tertiary/aromatic N) is 2. The Morgan fingerprint density at radius 2 is 1.93 bits per heavy atom. The Kier molecular flexibility index (Phi) is 6.26. The number of likely N-dealkylation sites (tertiary alicyclic amines) is 1. The molecule has 0 radical (unpaired) electrons. The molecule has 2 aromatic rings. The van der Waals surface area contributed by atoms with Crippen molar-refractivity contribution in [3.05, 3.63) is 58.6 Å². The molecule has 0 aliphatic carbocycles. The molecule has 2 aliphatic rings. The Balaban J connectivity index is 1.31. The van der Waals surface area contributed by atoms with Crippen LogP contribution in [0.3, 0.4) is 0 Å². The maximum Gasteiger partial charge on any atom is 0.255 e. The first-order chi connectivity index (χ1) is 14.1. The van der Waals surface area contributed by atoms with Gasteiger partial charge >= 0.3 is 0 Å². The number of likely N-dealkylation sites (N-methyl/N-ethyl adjacent to an activating group) is 1. The first-order valence-electron chi connectivity index (χ1n) is 10.3. The number of ether oxygens (including phenoxy) is 1. The highest BCUT2D eigenvalue weighted by atomic mass is 35.5. The van der Waals surface area contributed by atoms with Crippen molar-refractivity contribution in [2.24, 2.45) is 5.92 Å². The molecule has 2 aromatic carbocycles. The second kappa shape index (κ2) is 9.06. The van der Waals surface area contributed by atoms with Crippen molar-refractivity contribution in [2.45, 2.75) is 19.4 Å². The van der Waals surface area contributed by atoms with Crippen LogP contribution in [0.5, 0.6) is 5.75 Å². The minimum absolute atomic E-state index is 0.106. The van der Waals surface area contributed by atoms with E-state index in [4.69, 9.17) is 16.3 Å². The predicted octanol–water partition coefficient (Wildman–Crippen LogP) is 3.81. The first-order valence-corrected chi connectivity index (χ1v) is 10.7. The molecule has 1 saturated heterocycles. The van der Waals surface area contributed by atoms with E-state index < -0.39 is 0 Å². The lowest BCUT2D eigenvalue weighted by atomic mass is 9.96. The molecule has 1 amide bonds. The van der Waals surface area contributed by atoms with Gasteiger partial charge in [0.25, 0.3) is 5.91 Å². The number of carbonyl (C=O) groups is 1. The van der Waals surface area contributed by atoms with Crippen LogP contribution < -0.4 is 15.0 Å². The molecule has 5 nitrogen and oxygen atoms in total. The zero-order valence-corrected chi connectivity index (χ0v) is 17.6. The normalized spacial score (nSPS) is 17.5. The molecule has 0 bridgehead atoms. The summed E-state index contributed by atoms with van der Waals surface area (Å²) in [5, 5.41) is 3.67. The fourth-order valence-electron chi connectivity index (χ4n) is 4.11. The van der Waals surface area contributed by atoms with Crippen molar-refractivity contribution in [1.29, 1.82) is 0 Å². The summed E-state index contributed by atoms with van der Waals surface area (Å²) in [7, 11) is 1.99. The molecule has 2 aliphatic heterocycles. The summed E-state index contributed by atoms with van der Waals surface area (Å²) in [6, 6.07) is 14.2. The van der Waals surface area contributed by atoms with Crippen molar-refractivity contribution in [3.63, 3.8) is 0 Å². The summed E-state index contributed by atoms with van der Waals surface area (Å²) in [6.45, 7) is 5.18. The van der Waals surface area contributed by atoms with Crippen LogP contribution in [-0.2, 0) is 6.54 Å². The predicted molar refractivity (Wildman–Crippen MR) is 117 cm³/mol. The fraction of sp³-hybridized carbons (Fsp3) is 0.435. The number of fused-ring (bicyclic) bond motifs is 1. The van der Waals surface area contributed by atoms with Crippen molar-refractivity contribution >= 4 is 23.2 Å². The largest absolute Gasteiger partial charge is 0.489 e. The minimum Gasteiger partial charge on any atom is -0.489 e. The molecule has 154 valence electrons. The molecule has 29 heavy (non-hydrogen) atoms. The Hall–Kier alpha value is -2.24. The van der Waals surface area contributed by atoms with Crippen molar-refractivity contribution in [3.8, 4) is 5.75 Å². The summed E-state index contributed by atoms with van der Waals surface area (Å²) in [5.41, 5.74) is 2.76. The van der Waals surface area contributed by atoms with Crippen LogP contribution in [0.1, 0.15) is 28.8 Å². The first kappa shape index (κ1) is 20.0. The lowest BCUT2D eigenvalue weighted by Gasteiger charge is -2.32. The highest BCUT2D eigenvalue weighted by Gasteiger charge is 2.25. The van der Waals surface area contributed by atoms with Crippen LogP contribution in [0.15, 0.2) is 42.5 Å². The molecule has 2 heterocycles. The summed E-state index contributed by atoms with van der Waals surface area (Å²) in [6.07, 6.45) is 2.19. The van der Waals surface area contributed by atoms with Gasteiger partial charge < -0.3 is 15.0 Å². The number of benzene rings is 2. The summed E-state index contributed by atoms with van der Waals surface area (Å²) in [5.74, 6) is 1.04. The van der Waals surface area contributed by atoms with Crippen molar-refractivity contribution < 1.29 is 9.53 Å². The van der Waals surface area contributed by atoms with Crippen LogP contribution in [0.4, 0.5) is 5.69 Å². The minimum atomic E-state index is -0.106. The molecule has 0 spiro atoms. The smallest absolute Gasteiger partial charge is 0.255 e. The number of anilines is 1.